The second-order valence-electron chi connectivity index (χ2n) is 6.11. The van der Waals surface area contributed by atoms with Gasteiger partial charge in [-0.2, -0.15) is 0 Å². The maximum Gasteiger partial charge on any atom is 0.309 e. The lowest BCUT2D eigenvalue weighted by molar-refractivity contribution is -0.138. The Morgan fingerprint density at radius 1 is 0.840 bits per heavy atom. The third kappa shape index (κ3) is 16.9. The van der Waals surface area contributed by atoms with Crippen LogP contribution in [0, 0.1) is 0 Å². The van der Waals surface area contributed by atoms with Gasteiger partial charge in [-0.1, -0.05) is 31.4 Å². The highest BCUT2D eigenvalue weighted by Crippen LogP contribution is 2.07. The highest BCUT2D eigenvalue weighted by molar-refractivity contribution is 6.34. The molecule has 2 amide bonds. The lowest BCUT2D eigenvalue weighted by atomic mass is 10.1. The van der Waals surface area contributed by atoms with Crippen molar-refractivity contribution in [2.24, 2.45) is 0 Å². The summed E-state index contributed by atoms with van der Waals surface area (Å²) in [6, 6.07) is 0. The van der Waals surface area contributed by atoms with Crippen molar-refractivity contribution < 1.29 is 19.1 Å². The summed E-state index contributed by atoms with van der Waals surface area (Å²) in [5, 5.41) is 4.87. The highest BCUT2D eigenvalue weighted by Gasteiger charge is 2.08. The third-order valence-corrected chi connectivity index (χ3v) is 3.65. The van der Waals surface area contributed by atoms with Crippen molar-refractivity contribution >= 4 is 17.6 Å². The van der Waals surface area contributed by atoms with Crippen LogP contribution in [0.5, 0.6) is 0 Å². The van der Waals surface area contributed by atoms with Gasteiger partial charge in [0.1, 0.15) is 6.61 Å². The number of hydrogen-bond donors (Lipinski definition) is 2. The number of ether oxygens (including phenoxy) is 1. The summed E-state index contributed by atoms with van der Waals surface area (Å²) in [4.78, 5) is 32.8. The number of rotatable bonds is 15. The van der Waals surface area contributed by atoms with E-state index in [-0.39, 0.29) is 12.4 Å². The van der Waals surface area contributed by atoms with E-state index in [0.29, 0.717) is 13.2 Å². The summed E-state index contributed by atoms with van der Waals surface area (Å²) in [6.45, 7) is 3.00. The Kier molecular flexibility index (Phi) is 16.0. The molecule has 0 aromatic rings. The number of allylic oxidation sites excluding steroid dienone is 2. The molecule has 0 saturated carbocycles. The van der Waals surface area contributed by atoms with E-state index in [1.807, 2.05) is 0 Å². The Bertz CT molecular complexity index is 408. The van der Waals surface area contributed by atoms with Crippen LogP contribution in [0.2, 0.25) is 0 Å². The van der Waals surface area contributed by atoms with Crippen molar-refractivity contribution in [3.63, 3.8) is 0 Å². The number of amides is 2. The minimum Gasteiger partial charge on any atom is -0.374 e. The topological polar surface area (TPSA) is 84.5 Å². The van der Waals surface area contributed by atoms with Gasteiger partial charge in [0.2, 0.25) is 0 Å². The number of nitrogens with one attached hydrogen (secondary N) is 2. The van der Waals surface area contributed by atoms with Gasteiger partial charge in [0, 0.05) is 20.2 Å². The monoisotopic (exact) mass is 354 g/mol. The number of likely N-dealkylation sites (N-methyl/N-ethyl adjacent to an activating group) is 1. The molecule has 0 rings (SSSR count). The fourth-order valence-corrected chi connectivity index (χ4v) is 2.23. The predicted molar refractivity (Wildman–Crippen MR) is 99.3 cm³/mol. The Balaban J connectivity index is 3.24. The van der Waals surface area contributed by atoms with Crippen molar-refractivity contribution in [1.82, 2.24) is 10.6 Å². The van der Waals surface area contributed by atoms with Gasteiger partial charge in [-0.3, -0.25) is 14.4 Å². The van der Waals surface area contributed by atoms with E-state index < -0.39 is 11.8 Å². The lowest BCUT2D eigenvalue weighted by Gasteiger charge is -2.03. The second-order valence-corrected chi connectivity index (χ2v) is 6.11. The minimum absolute atomic E-state index is 0.0837. The van der Waals surface area contributed by atoms with Crippen molar-refractivity contribution in [3.05, 3.63) is 12.2 Å². The number of ketones is 1. The maximum absolute atomic E-state index is 11.2. The zero-order valence-corrected chi connectivity index (χ0v) is 15.8. The van der Waals surface area contributed by atoms with Gasteiger partial charge < -0.3 is 15.4 Å². The van der Waals surface area contributed by atoms with E-state index in [1.54, 1.807) is 6.92 Å². The molecule has 0 aliphatic heterocycles. The second kappa shape index (κ2) is 17.1. The molecule has 25 heavy (non-hydrogen) atoms. The smallest absolute Gasteiger partial charge is 0.309 e. The van der Waals surface area contributed by atoms with Crippen LogP contribution in [0.1, 0.15) is 64.7 Å². The van der Waals surface area contributed by atoms with Crippen LogP contribution in [0.3, 0.4) is 0 Å². The molecule has 0 aliphatic rings. The molecule has 0 radical (unpaired) electrons. The van der Waals surface area contributed by atoms with Gasteiger partial charge in [-0.05, 0) is 45.4 Å². The van der Waals surface area contributed by atoms with Crippen molar-refractivity contribution in [2.75, 3.05) is 26.8 Å². The maximum atomic E-state index is 11.2. The first-order chi connectivity index (χ1) is 12.1. The fraction of sp³-hybridized carbons (Fsp3) is 0.737. The van der Waals surface area contributed by atoms with Crippen LogP contribution in [-0.2, 0) is 19.1 Å². The number of unbranched alkanes of at least 4 members (excludes halogenated alkanes) is 7. The van der Waals surface area contributed by atoms with Crippen LogP contribution in [0.25, 0.3) is 0 Å². The van der Waals surface area contributed by atoms with Crippen LogP contribution >= 0.6 is 0 Å². The van der Waals surface area contributed by atoms with Crippen LogP contribution in [-0.4, -0.2) is 44.4 Å². The summed E-state index contributed by atoms with van der Waals surface area (Å²) in [6.07, 6.45) is 14.2. The lowest BCUT2D eigenvalue weighted by Crippen LogP contribution is -2.38. The summed E-state index contributed by atoms with van der Waals surface area (Å²) < 4.78 is 5.22. The summed E-state index contributed by atoms with van der Waals surface area (Å²) in [5.74, 6) is -1.08. The zero-order valence-electron chi connectivity index (χ0n) is 15.8. The molecule has 144 valence electrons. The average molecular weight is 354 g/mol. The number of Topliss-reactive ketones (excluding diaryl/α,β-unsaturated/α-hetero) is 1. The standard InChI is InChI=1S/C19H34N2O4/c1-17(22)16-25-15-13-11-9-7-5-3-4-6-8-10-12-14-21-19(24)18(23)20-2/h4,6H,3,5,7-16H2,1-2H3,(H,20,23)(H,21,24)/b6-4-. The van der Waals surface area contributed by atoms with E-state index >= 15 is 0 Å². The Morgan fingerprint density at radius 3 is 2.08 bits per heavy atom. The quantitative estimate of drug-likeness (QED) is 0.269. The van der Waals surface area contributed by atoms with E-state index in [0.717, 1.165) is 38.5 Å². The van der Waals surface area contributed by atoms with Crippen LogP contribution < -0.4 is 10.6 Å². The number of carbonyl (C=O) groups excluding carboxylic acids is 3. The predicted octanol–water partition coefficient (Wildman–Crippen LogP) is 2.52. The molecule has 0 fully saturated rings. The minimum atomic E-state index is -0.594. The fourth-order valence-electron chi connectivity index (χ4n) is 2.23. The molecular weight excluding hydrogens is 320 g/mol. The van der Waals surface area contributed by atoms with Crippen molar-refractivity contribution in [1.29, 1.82) is 0 Å². The van der Waals surface area contributed by atoms with Crippen LogP contribution in [0.15, 0.2) is 12.2 Å². The average Bonchev–Trinajstić information content (AvgIpc) is 2.60. The largest absolute Gasteiger partial charge is 0.374 e. The molecule has 0 aromatic heterocycles. The molecule has 6 heteroatoms. The van der Waals surface area contributed by atoms with Gasteiger partial charge in [-0.15, -0.1) is 0 Å². The highest BCUT2D eigenvalue weighted by atomic mass is 16.5. The Morgan fingerprint density at radius 2 is 1.44 bits per heavy atom. The summed E-state index contributed by atoms with van der Waals surface area (Å²) in [7, 11) is 1.44. The Labute approximate surface area is 151 Å². The van der Waals surface area contributed by atoms with Crippen molar-refractivity contribution in [2.45, 2.75) is 64.7 Å². The number of hydrogen-bond acceptors (Lipinski definition) is 4. The zero-order chi connectivity index (χ0) is 18.8. The molecule has 0 bridgehead atoms. The van der Waals surface area contributed by atoms with Gasteiger partial charge in [0.05, 0.1) is 0 Å². The van der Waals surface area contributed by atoms with E-state index in [4.69, 9.17) is 4.74 Å². The molecule has 0 aromatic carbocycles. The normalized spacial score (nSPS) is 10.8. The summed E-state index contributed by atoms with van der Waals surface area (Å²) >= 11 is 0. The molecule has 0 aliphatic carbocycles. The van der Waals surface area contributed by atoms with Gasteiger partial charge in [0.15, 0.2) is 5.78 Å². The molecule has 6 nitrogen and oxygen atoms in total. The SMILES string of the molecule is CNC(=O)C(=O)NCCCC/C=C\CCCCCCCOCC(C)=O. The van der Waals surface area contributed by atoms with E-state index in [9.17, 15) is 14.4 Å². The molecule has 2 N–H and O–H groups in total. The molecule has 0 heterocycles. The molecule has 0 unspecified atom stereocenters. The van der Waals surface area contributed by atoms with Crippen LogP contribution in [0.4, 0.5) is 0 Å². The van der Waals surface area contributed by atoms with Crippen molar-refractivity contribution in [3.8, 4) is 0 Å². The molecule has 0 atom stereocenters. The van der Waals surface area contributed by atoms with Gasteiger partial charge in [-0.25, -0.2) is 0 Å². The van der Waals surface area contributed by atoms with Gasteiger partial charge in [0.25, 0.3) is 0 Å². The molecule has 0 saturated heterocycles. The molecular formula is C19H34N2O4. The first kappa shape index (κ1) is 23.3. The number of carbonyl (C=O) groups is 3. The first-order valence-corrected chi connectivity index (χ1v) is 9.30. The third-order valence-electron chi connectivity index (χ3n) is 3.65. The first-order valence-electron chi connectivity index (χ1n) is 9.30. The molecule has 0 spiro atoms. The van der Waals surface area contributed by atoms with E-state index in [1.165, 1.54) is 26.3 Å². The summed E-state index contributed by atoms with van der Waals surface area (Å²) in [5.41, 5.74) is 0. The van der Waals surface area contributed by atoms with Gasteiger partial charge >= 0.3 is 11.8 Å². The van der Waals surface area contributed by atoms with E-state index in [2.05, 4.69) is 22.8 Å². The Hall–Kier alpha value is -1.69.